The van der Waals surface area contributed by atoms with Crippen molar-refractivity contribution in [3.8, 4) is 0 Å². The number of thiazole rings is 1. The number of aromatic nitrogens is 1. The fraction of sp³-hybridized carbons (Fsp3) is 0.643. The van der Waals surface area contributed by atoms with Crippen LogP contribution in [0.2, 0.25) is 0 Å². The lowest BCUT2D eigenvalue weighted by atomic mass is 10.0. The van der Waals surface area contributed by atoms with Crippen molar-refractivity contribution in [2.24, 2.45) is 21.5 Å². The number of nitrogens with one attached hydrogen (secondary N) is 2. The van der Waals surface area contributed by atoms with Crippen LogP contribution in [0.5, 0.6) is 0 Å². The van der Waals surface area contributed by atoms with Gasteiger partial charge in [0.25, 0.3) is 0 Å². The Labute approximate surface area is 186 Å². The normalized spacial score (nSPS) is 22.0. The lowest BCUT2D eigenvalue weighted by molar-refractivity contribution is -0.120. The van der Waals surface area contributed by atoms with E-state index in [1.54, 1.807) is 5.38 Å². The van der Waals surface area contributed by atoms with Crippen molar-refractivity contribution in [3.05, 3.63) is 11.1 Å². The van der Waals surface area contributed by atoms with Crippen LogP contribution in [0.1, 0.15) is 12.1 Å². The predicted molar refractivity (Wildman–Crippen MR) is 116 cm³/mol. The molecule has 0 saturated heterocycles. The van der Waals surface area contributed by atoms with Crippen LogP contribution < -0.4 is 20.9 Å². The second kappa shape index (κ2) is 11.3. The molecule has 2 heterocycles. The van der Waals surface area contributed by atoms with Gasteiger partial charge in [0, 0.05) is 23.3 Å². The van der Waals surface area contributed by atoms with E-state index in [9.17, 15) is 28.8 Å². The fourth-order valence-corrected chi connectivity index (χ4v) is 5.10. The average molecular weight is 500 g/mol. The van der Waals surface area contributed by atoms with Gasteiger partial charge in [-0.15, -0.1) is 11.3 Å². The van der Waals surface area contributed by atoms with E-state index in [2.05, 4.69) is 19.7 Å². The van der Waals surface area contributed by atoms with Crippen LogP contribution >= 0.6 is 23.1 Å². The molecule has 176 valence electrons. The molecule has 11 N–H and O–H groups in total. The maximum atomic E-state index is 12.0. The topological polar surface area (TPSA) is 249 Å². The van der Waals surface area contributed by atoms with Crippen LogP contribution in [-0.2, 0) is 16.0 Å². The van der Waals surface area contributed by atoms with E-state index in [0.717, 1.165) is 5.69 Å². The Kier molecular flexibility index (Phi) is 9.40. The number of nitrogens with zero attached hydrogens (tertiary/aromatic N) is 3. The van der Waals surface area contributed by atoms with Crippen molar-refractivity contribution in [2.45, 2.75) is 42.8 Å². The van der Waals surface area contributed by atoms with E-state index in [0.29, 0.717) is 16.6 Å². The van der Waals surface area contributed by atoms with Gasteiger partial charge in [0.1, 0.15) is 36.4 Å². The van der Waals surface area contributed by atoms with Crippen LogP contribution in [0.4, 0.5) is 5.13 Å². The Balaban J connectivity index is 1.94. The Morgan fingerprint density at radius 3 is 2.65 bits per heavy atom. The van der Waals surface area contributed by atoms with Crippen molar-refractivity contribution < 1.29 is 34.0 Å². The van der Waals surface area contributed by atoms with E-state index in [1.165, 1.54) is 23.1 Å². The van der Waals surface area contributed by atoms with Crippen LogP contribution in [0.15, 0.2) is 15.4 Å². The second-order valence-electron chi connectivity index (χ2n) is 6.43. The zero-order valence-electron chi connectivity index (χ0n) is 16.1. The van der Waals surface area contributed by atoms with Gasteiger partial charge in [0.15, 0.2) is 5.96 Å². The number of aliphatic hydroxyl groups is 5. The predicted octanol–water partition coefficient (Wildman–Crippen LogP) is -3.73. The van der Waals surface area contributed by atoms with E-state index in [1.807, 2.05) is 4.72 Å². The number of amidine groups is 1. The highest BCUT2D eigenvalue weighted by Gasteiger charge is 2.38. The highest BCUT2D eigenvalue weighted by atomic mass is 32.2. The smallest absolute Gasteiger partial charge is 0.301 e. The third kappa shape index (κ3) is 7.81. The third-order valence-corrected chi connectivity index (χ3v) is 6.76. The minimum absolute atomic E-state index is 0.0409. The maximum Gasteiger partial charge on any atom is 0.301 e. The molecule has 31 heavy (non-hydrogen) atoms. The molecule has 14 nitrogen and oxygen atoms in total. The molecular weight excluding hydrogens is 474 g/mol. The number of hydrogen-bond acceptors (Lipinski definition) is 12. The van der Waals surface area contributed by atoms with E-state index in [4.69, 9.17) is 16.6 Å². The first-order chi connectivity index (χ1) is 14.5. The van der Waals surface area contributed by atoms with Crippen molar-refractivity contribution in [2.75, 3.05) is 12.4 Å². The van der Waals surface area contributed by atoms with Crippen molar-refractivity contribution in [1.29, 1.82) is 0 Å². The number of aliphatic imine (C=N–C) groups is 2. The molecule has 0 spiro atoms. The lowest BCUT2D eigenvalue weighted by Crippen LogP contribution is -2.59. The third-order valence-electron chi connectivity index (χ3n) is 3.93. The monoisotopic (exact) mass is 499 g/mol. The largest absolute Gasteiger partial charge is 0.394 e. The number of hydrogen-bond donors (Lipinski definition) is 9. The minimum atomic E-state index is -4.06. The number of guanidine groups is 1. The molecule has 0 bridgehead atoms. The summed E-state index contributed by atoms with van der Waals surface area (Å²) in [5.41, 5.74) is 11.3. The van der Waals surface area contributed by atoms with E-state index < -0.39 is 47.4 Å². The Morgan fingerprint density at radius 1 is 1.29 bits per heavy atom. The highest BCUT2D eigenvalue weighted by molar-refractivity contribution is 7.98. The van der Waals surface area contributed by atoms with Crippen LogP contribution in [0.3, 0.4) is 0 Å². The lowest BCUT2D eigenvalue weighted by Gasteiger charge is -2.32. The maximum absolute atomic E-state index is 12.0. The van der Waals surface area contributed by atoms with Gasteiger partial charge in [-0.3, -0.25) is 4.72 Å². The van der Waals surface area contributed by atoms with Gasteiger partial charge in [0.05, 0.1) is 12.3 Å². The quantitative estimate of drug-likeness (QED) is 0.0812. The molecule has 17 heteroatoms. The zero-order valence-corrected chi connectivity index (χ0v) is 18.5. The summed E-state index contributed by atoms with van der Waals surface area (Å²) in [6.07, 6.45) is -8.77. The first-order valence-corrected chi connectivity index (χ1v) is 12.4. The van der Waals surface area contributed by atoms with Crippen LogP contribution in [0, 0.1) is 0 Å². The van der Waals surface area contributed by atoms with Gasteiger partial charge < -0.3 is 37.0 Å². The summed E-state index contributed by atoms with van der Waals surface area (Å²) in [5, 5.41) is 50.3. The average Bonchev–Trinajstić information content (AvgIpc) is 3.14. The standard InChI is InChI=1S/C14H25N7O7S3/c15-13(16)19-14-17-6(5-30-14)4-29-2-1-8-18-12(21-31(27,28)20-8)11(26)10(25)9(24)7(23)3-22/h5,7,9-12,21-26H,1-4H2,(H,18,20)(H4,15,16,17,19)/t7-,9-,10+,11-,12?/m1/s1. The highest BCUT2D eigenvalue weighted by Crippen LogP contribution is 2.22. The second-order valence-corrected chi connectivity index (χ2v) is 9.81. The molecule has 0 radical (unpaired) electrons. The molecule has 1 aromatic rings. The molecule has 1 aliphatic rings. The SMILES string of the molecule is NC(N)=Nc1nc(CSCCC2=NC([C@H](O)[C@@H](O)[C@H](O)[C@H](O)CO)NS(=O)(=O)N2)cs1. The van der Waals surface area contributed by atoms with Gasteiger partial charge in [-0.1, -0.05) is 0 Å². The first-order valence-electron chi connectivity index (χ1n) is 8.84. The number of nitrogens with two attached hydrogens (primary N) is 2. The molecular formula is C14H25N7O7S3. The summed E-state index contributed by atoms with van der Waals surface area (Å²) < 4.78 is 28.2. The Hall–Kier alpha value is -1.57. The summed E-state index contributed by atoms with van der Waals surface area (Å²) in [5.74, 6) is 0.919. The van der Waals surface area contributed by atoms with Crippen molar-refractivity contribution in [3.63, 3.8) is 0 Å². The molecule has 1 unspecified atom stereocenters. The molecule has 0 aliphatic carbocycles. The number of rotatable bonds is 11. The van der Waals surface area contributed by atoms with E-state index in [-0.39, 0.29) is 18.2 Å². The summed E-state index contributed by atoms with van der Waals surface area (Å²) in [6.45, 7) is -0.860. The molecule has 2 rings (SSSR count). The molecule has 5 atom stereocenters. The van der Waals surface area contributed by atoms with Gasteiger partial charge >= 0.3 is 10.2 Å². The Morgan fingerprint density at radius 2 is 2.00 bits per heavy atom. The molecule has 1 aliphatic heterocycles. The van der Waals surface area contributed by atoms with Crippen LogP contribution in [0.25, 0.3) is 0 Å². The Bertz CT molecular complexity index is 891. The van der Waals surface area contributed by atoms with Gasteiger partial charge in [-0.05, 0) is 0 Å². The summed E-state index contributed by atoms with van der Waals surface area (Å²) >= 11 is 2.72. The molecule has 0 fully saturated rings. The zero-order chi connectivity index (χ0) is 23.2. The van der Waals surface area contributed by atoms with Gasteiger partial charge in [0.2, 0.25) is 5.13 Å². The fourth-order valence-electron chi connectivity index (χ4n) is 2.42. The minimum Gasteiger partial charge on any atom is -0.394 e. The summed E-state index contributed by atoms with van der Waals surface area (Å²) in [4.78, 5) is 12.1. The molecule has 1 aromatic heterocycles. The molecule has 0 saturated carbocycles. The summed E-state index contributed by atoms with van der Waals surface area (Å²) in [7, 11) is -4.06. The molecule has 0 amide bonds. The summed E-state index contributed by atoms with van der Waals surface area (Å²) in [6, 6.07) is 0. The number of aliphatic hydroxyl groups excluding tert-OH is 5. The molecule has 0 aromatic carbocycles. The van der Waals surface area contributed by atoms with Gasteiger partial charge in [-0.25, -0.2) is 9.98 Å². The van der Waals surface area contributed by atoms with Crippen molar-refractivity contribution >= 4 is 50.2 Å². The number of thioether (sulfide) groups is 1. The first kappa shape index (κ1) is 25.7. The van der Waals surface area contributed by atoms with Gasteiger partial charge in [-0.2, -0.15) is 29.9 Å². The van der Waals surface area contributed by atoms with Crippen molar-refractivity contribution in [1.82, 2.24) is 14.4 Å². The van der Waals surface area contributed by atoms with Crippen LogP contribution in [-0.4, -0.2) is 93.7 Å². The van der Waals surface area contributed by atoms with E-state index >= 15 is 0 Å².